The van der Waals surface area contributed by atoms with Gasteiger partial charge in [0.05, 0.1) is 0 Å². The molecule has 0 N–H and O–H groups in total. The Hall–Kier alpha value is -2.17. The van der Waals surface area contributed by atoms with Crippen molar-refractivity contribution in [2.45, 2.75) is 14.8 Å². The molecule has 0 bridgehead atoms. The summed E-state index contributed by atoms with van der Waals surface area (Å²) in [4.78, 5) is 7.35. The Bertz CT molecular complexity index is 960. The molecule has 2 aromatic carbocycles. The van der Waals surface area contributed by atoms with Gasteiger partial charge in [-0.1, -0.05) is 48.2 Å². The van der Waals surface area contributed by atoms with Crippen molar-refractivity contribution in [2.75, 3.05) is 6.26 Å². The zero-order valence-electron chi connectivity index (χ0n) is 13.2. The zero-order chi connectivity index (χ0) is 16.4. The molecule has 0 radical (unpaired) electrons. The van der Waals surface area contributed by atoms with Gasteiger partial charge < -0.3 is 0 Å². The molecular weight excluding hydrogens is 332 g/mol. The topological polar surface area (TPSA) is 17.3 Å². The highest BCUT2D eigenvalue weighted by molar-refractivity contribution is 7.99. The predicted octanol–water partition coefficient (Wildman–Crippen LogP) is 5.87. The summed E-state index contributed by atoms with van der Waals surface area (Å²) in [7, 11) is 0. The molecule has 0 unspecified atom stereocenters. The monoisotopic (exact) mass is 348 g/mol. The molecule has 0 atom stereocenters. The molecule has 4 aromatic rings. The second-order valence-electron chi connectivity index (χ2n) is 5.34. The number of nitrogens with zero attached hydrogens (tertiary/aromatic N) is 2. The first kappa shape index (κ1) is 15.4. The number of benzene rings is 2. The van der Waals surface area contributed by atoms with Crippen molar-refractivity contribution < 1.29 is 0 Å². The summed E-state index contributed by atoms with van der Waals surface area (Å²) >= 11 is 3.50. The fourth-order valence-corrected chi connectivity index (χ4v) is 4.05. The number of pyridine rings is 1. The molecule has 0 fully saturated rings. The van der Waals surface area contributed by atoms with Crippen molar-refractivity contribution in [1.29, 1.82) is 0 Å². The van der Waals surface area contributed by atoms with Crippen LogP contribution in [0.25, 0.3) is 16.9 Å². The van der Waals surface area contributed by atoms with Gasteiger partial charge in [0.2, 0.25) is 0 Å². The fourth-order valence-electron chi connectivity index (χ4n) is 2.61. The largest absolute Gasteiger partial charge is 0.294 e. The SMILES string of the molecule is CSc1ccc(-c2nc3ccccn3c2Sc2ccccc2)cc1. The smallest absolute Gasteiger partial charge is 0.138 e. The summed E-state index contributed by atoms with van der Waals surface area (Å²) in [6.07, 6.45) is 4.17. The molecule has 2 nitrogen and oxygen atoms in total. The second kappa shape index (κ2) is 6.75. The summed E-state index contributed by atoms with van der Waals surface area (Å²) in [5.74, 6) is 0. The van der Waals surface area contributed by atoms with E-state index in [2.05, 4.69) is 71.5 Å². The molecule has 0 aliphatic heterocycles. The summed E-state index contributed by atoms with van der Waals surface area (Å²) in [5, 5.41) is 1.15. The van der Waals surface area contributed by atoms with E-state index in [1.165, 1.54) is 9.79 Å². The summed E-state index contributed by atoms with van der Waals surface area (Å²) < 4.78 is 2.16. The van der Waals surface area contributed by atoms with E-state index < -0.39 is 0 Å². The zero-order valence-corrected chi connectivity index (χ0v) is 14.8. The van der Waals surface area contributed by atoms with Crippen LogP contribution < -0.4 is 0 Å². The van der Waals surface area contributed by atoms with E-state index >= 15 is 0 Å². The minimum Gasteiger partial charge on any atom is -0.294 e. The Morgan fingerprint density at radius 3 is 2.29 bits per heavy atom. The normalized spacial score (nSPS) is 11.0. The van der Waals surface area contributed by atoms with Gasteiger partial charge in [0, 0.05) is 21.6 Å². The van der Waals surface area contributed by atoms with Crippen molar-refractivity contribution in [1.82, 2.24) is 9.38 Å². The van der Waals surface area contributed by atoms with Gasteiger partial charge in [0.15, 0.2) is 0 Å². The number of fused-ring (bicyclic) bond motifs is 1. The van der Waals surface area contributed by atoms with Crippen molar-refractivity contribution in [3.8, 4) is 11.3 Å². The number of imidazole rings is 1. The minimum absolute atomic E-state index is 0.972. The molecule has 0 amide bonds. The highest BCUT2D eigenvalue weighted by Crippen LogP contribution is 2.36. The van der Waals surface area contributed by atoms with Crippen LogP contribution in [0.15, 0.2) is 93.8 Å². The van der Waals surface area contributed by atoms with Crippen molar-refractivity contribution in [3.05, 3.63) is 79.0 Å². The molecule has 24 heavy (non-hydrogen) atoms. The van der Waals surface area contributed by atoms with E-state index in [-0.39, 0.29) is 0 Å². The minimum atomic E-state index is 0.972. The van der Waals surface area contributed by atoms with E-state index in [4.69, 9.17) is 4.98 Å². The standard InChI is InChI=1S/C20H16N2S2/c1-23-16-12-10-15(11-13-16)19-20(24-17-7-3-2-4-8-17)22-14-6-5-9-18(22)21-19/h2-14H,1H3. The van der Waals surface area contributed by atoms with Gasteiger partial charge in [-0.25, -0.2) is 4.98 Å². The lowest BCUT2D eigenvalue weighted by molar-refractivity contribution is 1.05. The Kier molecular flexibility index (Phi) is 4.32. The van der Waals surface area contributed by atoms with Crippen molar-refractivity contribution in [2.24, 2.45) is 0 Å². The van der Waals surface area contributed by atoms with Gasteiger partial charge in [0.25, 0.3) is 0 Å². The third-order valence-corrected chi connectivity index (χ3v) is 5.64. The maximum absolute atomic E-state index is 4.87. The molecule has 4 heteroatoms. The summed E-state index contributed by atoms with van der Waals surface area (Å²) in [6, 6.07) is 25.2. The van der Waals surface area contributed by atoms with Gasteiger partial charge in [0.1, 0.15) is 16.4 Å². The quantitative estimate of drug-likeness (QED) is 0.429. The Morgan fingerprint density at radius 2 is 1.54 bits per heavy atom. The maximum Gasteiger partial charge on any atom is 0.138 e. The van der Waals surface area contributed by atoms with E-state index in [9.17, 15) is 0 Å². The van der Waals surface area contributed by atoms with E-state index in [0.717, 1.165) is 21.9 Å². The third kappa shape index (κ3) is 2.95. The first-order valence-corrected chi connectivity index (χ1v) is 9.74. The Balaban J connectivity index is 1.85. The predicted molar refractivity (Wildman–Crippen MR) is 103 cm³/mol. The van der Waals surface area contributed by atoms with E-state index in [1.54, 1.807) is 23.5 Å². The van der Waals surface area contributed by atoms with Crippen LogP contribution in [0, 0.1) is 0 Å². The summed E-state index contributed by atoms with van der Waals surface area (Å²) in [6.45, 7) is 0. The molecule has 0 aliphatic rings. The number of hydrogen-bond acceptors (Lipinski definition) is 3. The summed E-state index contributed by atoms with van der Waals surface area (Å²) in [5.41, 5.74) is 3.15. The van der Waals surface area contributed by atoms with Crippen LogP contribution >= 0.6 is 23.5 Å². The van der Waals surface area contributed by atoms with Crippen molar-refractivity contribution in [3.63, 3.8) is 0 Å². The molecule has 0 saturated heterocycles. The number of rotatable bonds is 4. The van der Waals surface area contributed by atoms with E-state index in [0.29, 0.717) is 0 Å². The van der Waals surface area contributed by atoms with Crippen LogP contribution in [-0.4, -0.2) is 15.6 Å². The first-order valence-electron chi connectivity index (χ1n) is 7.69. The molecular formula is C20H16N2S2. The van der Waals surface area contributed by atoms with Gasteiger partial charge in [-0.3, -0.25) is 4.40 Å². The Labute approximate surface area is 149 Å². The number of hydrogen-bond donors (Lipinski definition) is 0. The lowest BCUT2D eigenvalue weighted by Crippen LogP contribution is -1.86. The van der Waals surface area contributed by atoms with Crippen LogP contribution in [0.4, 0.5) is 0 Å². The van der Waals surface area contributed by atoms with Crippen LogP contribution in [-0.2, 0) is 0 Å². The molecule has 2 heterocycles. The van der Waals surface area contributed by atoms with Gasteiger partial charge in [-0.2, -0.15) is 0 Å². The fraction of sp³-hybridized carbons (Fsp3) is 0.0500. The molecule has 0 aliphatic carbocycles. The molecule has 0 spiro atoms. The Morgan fingerprint density at radius 1 is 0.792 bits per heavy atom. The van der Waals surface area contributed by atoms with Crippen molar-refractivity contribution >= 4 is 29.2 Å². The highest BCUT2D eigenvalue weighted by Gasteiger charge is 2.15. The maximum atomic E-state index is 4.87. The second-order valence-corrected chi connectivity index (χ2v) is 7.28. The lowest BCUT2D eigenvalue weighted by Gasteiger charge is -2.06. The molecule has 2 aromatic heterocycles. The third-order valence-electron chi connectivity index (χ3n) is 3.81. The van der Waals surface area contributed by atoms with Gasteiger partial charge in [-0.15, -0.1) is 11.8 Å². The van der Waals surface area contributed by atoms with Crippen LogP contribution in [0.5, 0.6) is 0 Å². The molecule has 0 saturated carbocycles. The highest BCUT2D eigenvalue weighted by atomic mass is 32.2. The number of thioether (sulfide) groups is 1. The average Bonchev–Trinajstić information content (AvgIpc) is 3.01. The van der Waals surface area contributed by atoms with E-state index in [1.807, 2.05) is 18.2 Å². The lowest BCUT2D eigenvalue weighted by atomic mass is 10.2. The van der Waals surface area contributed by atoms with Crippen LogP contribution in [0.3, 0.4) is 0 Å². The van der Waals surface area contributed by atoms with Crippen LogP contribution in [0.2, 0.25) is 0 Å². The van der Waals surface area contributed by atoms with Gasteiger partial charge >= 0.3 is 0 Å². The number of aromatic nitrogens is 2. The molecule has 4 rings (SSSR count). The average molecular weight is 348 g/mol. The first-order chi connectivity index (χ1) is 11.8. The molecule has 118 valence electrons. The van der Waals surface area contributed by atoms with Crippen LogP contribution in [0.1, 0.15) is 0 Å². The van der Waals surface area contributed by atoms with Gasteiger partial charge in [-0.05, 0) is 42.7 Å².